The van der Waals surface area contributed by atoms with Crippen molar-refractivity contribution in [1.82, 2.24) is 4.98 Å². The highest BCUT2D eigenvalue weighted by molar-refractivity contribution is 7.80. The van der Waals surface area contributed by atoms with Gasteiger partial charge >= 0.3 is 0 Å². The van der Waals surface area contributed by atoms with Crippen LogP contribution >= 0.6 is 12.2 Å². The Bertz CT molecular complexity index is 452. The van der Waals surface area contributed by atoms with Crippen LogP contribution in [-0.2, 0) is 0 Å². The van der Waals surface area contributed by atoms with Gasteiger partial charge in [0.2, 0.25) is 0 Å². The van der Waals surface area contributed by atoms with Gasteiger partial charge in [-0.25, -0.2) is 4.98 Å². The summed E-state index contributed by atoms with van der Waals surface area (Å²) >= 11 is 5.07. The molecule has 0 spiro atoms. The minimum absolute atomic E-state index is 0.408. The summed E-state index contributed by atoms with van der Waals surface area (Å²) in [5.41, 5.74) is 8.06. The van der Waals surface area contributed by atoms with Crippen LogP contribution < -0.4 is 11.1 Å². The lowest BCUT2D eigenvalue weighted by Crippen LogP contribution is -2.20. The van der Waals surface area contributed by atoms with Crippen LogP contribution in [0.3, 0.4) is 0 Å². The molecule has 1 aliphatic carbocycles. The van der Waals surface area contributed by atoms with Crippen molar-refractivity contribution in [3.8, 4) is 0 Å². The molecule has 2 rings (SSSR count). The fourth-order valence-corrected chi connectivity index (χ4v) is 2.55. The van der Waals surface area contributed by atoms with Gasteiger partial charge in [0.1, 0.15) is 10.8 Å². The van der Waals surface area contributed by atoms with Gasteiger partial charge in [0.05, 0.1) is 5.56 Å². The SMILES string of the molecule is CCCC1(CNc2nc(C)ccc2C(N)=S)CC1. The van der Waals surface area contributed by atoms with Gasteiger partial charge in [-0.3, -0.25) is 0 Å². The number of hydrogen-bond donors (Lipinski definition) is 2. The third-order valence-electron chi connectivity index (χ3n) is 3.67. The number of pyridine rings is 1. The predicted octanol–water partition coefficient (Wildman–Crippen LogP) is 3.02. The van der Waals surface area contributed by atoms with Gasteiger partial charge in [-0.2, -0.15) is 0 Å². The van der Waals surface area contributed by atoms with Gasteiger partial charge in [-0.05, 0) is 43.7 Å². The Morgan fingerprint density at radius 2 is 2.22 bits per heavy atom. The molecule has 18 heavy (non-hydrogen) atoms. The molecule has 0 aliphatic heterocycles. The van der Waals surface area contributed by atoms with Gasteiger partial charge < -0.3 is 11.1 Å². The summed E-state index contributed by atoms with van der Waals surface area (Å²) in [6.45, 7) is 5.20. The Labute approximate surface area is 114 Å². The number of nitrogens with zero attached hydrogens (tertiary/aromatic N) is 1. The van der Waals surface area contributed by atoms with Crippen LogP contribution in [0.4, 0.5) is 5.82 Å². The second-order valence-electron chi connectivity index (χ2n) is 5.32. The monoisotopic (exact) mass is 263 g/mol. The number of hydrogen-bond acceptors (Lipinski definition) is 3. The summed E-state index contributed by atoms with van der Waals surface area (Å²) in [5.74, 6) is 0.838. The molecule has 1 saturated carbocycles. The molecule has 0 radical (unpaired) electrons. The molecule has 0 bridgehead atoms. The van der Waals surface area contributed by atoms with Crippen LogP contribution in [0.2, 0.25) is 0 Å². The fraction of sp³-hybridized carbons (Fsp3) is 0.571. The summed E-state index contributed by atoms with van der Waals surface area (Å²) in [6, 6.07) is 3.89. The lowest BCUT2D eigenvalue weighted by molar-refractivity contribution is 0.485. The highest BCUT2D eigenvalue weighted by atomic mass is 32.1. The number of rotatable bonds is 6. The number of nitrogens with one attached hydrogen (secondary N) is 1. The predicted molar refractivity (Wildman–Crippen MR) is 79.9 cm³/mol. The van der Waals surface area contributed by atoms with Crippen molar-refractivity contribution in [2.45, 2.75) is 39.5 Å². The summed E-state index contributed by atoms with van der Waals surface area (Å²) in [7, 11) is 0. The third kappa shape index (κ3) is 2.99. The van der Waals surface area contributed by atoms with Crippen LogP contribution in [0.25, 0.3) is 0 Å². The molecular weight excluding hydrogens is 242 g/mol. The van der Waals surface area contributed by atoms with Gasteiger partial charge in [-0.1, -0.05) is 25.6 Å². The minimum atomic E-state index is 0.408. The zero-order valence-corrected chi connectivity index (χ0v) is 11.9. The van der Waals surface area contributed by atoms with E-state index < -0.39 is 0 Å². The maximum atomic E-state index is 5.73. The van der Waals surface area contributed by atoms with Crippen molar-refractivity contribution in [1.29, 1.82) is 0 Å². The van der Waals surface area contributed by atoms with E-state index in [0.717, 1.165) is 23.6 Å². The van der Waals surface area contributed by atoms with Crippen LogP contribution in [0.5, 0.6) is 0 Å². The lowest BCUT2D eigenvalue weighted by Gasteiger charge is -2.17. The number of aromatic nitrogens is 1. The van der Waals surface area contributed by atoms with Crippen molar-refractivity contribution in [3.05, 3.63) is 23.4 Å². The first-order valence-electron chi connectivity index (χ1n) is 6.58. The van der Waals surface area contributed by atoms with Crippen LogP contribution in [0.15, 0.2) is 12.1 Å². The van der Waals surface area contributed by atoms with E-state index in [1.54, 1.807) is 0 Å². The Morgan fingerprint density at radius 1 is 1.50 bits per heavy atom. The largest absolute Gasteiger partial charge is 0.389 e. The highest BCUT2D eigenvalue weighted by Crippen LogP contribution is 2.49. The number of nitrogens with two attached hydrogens (primary N) is 1. The van der Waals surface area contributed by atoms with Crippen LogP contribution in [0.1, 0.15) is 43.9 Å². The first kappa shape index (κ1) is 13.3. The Kier molecular flexibility index (Phi) is 3.85. The van der Waals surface area contributed by atoms with E-state index in [1.165, 1.54) is 25.7 Å². The molecule has 1 fully saturated rings. The van der Waals surface area contributed by atoms with E-state index >= 15 is 0 Å². The van der Waals surface area contributed by atoms with Crippen molar-refractivity contribution < 1.29 is 0 Å². The standard InChI is InChI=1S/C14H21N3S/c1-3-6-14(7-8-14)9-16-13-11(12(15)18)5-4-10(2)17-13/h4-5H,3,6-9H2,1-2H3,(H2,15,18)(H,16,17). The molecule has 0 aromatic carbocycles. The maximum Gasteiger partial charge on any atom is 0.136 e. The summed E-state index contributed by atoms with van der Waals surface area (Å²) in [5, 5.41) is 3.44. The van der Waals surface area contributed by atoms with E-state index in [-0.39, 0.29) is 0 Å². The second-order valence-corrected chi connectivity index (χ2v) is 5.76. The average Bonchev–Trinajstić information content (AvgIpc) is 3.07. The zero-order chi connectivity index (χ0) is 13.2. The molecule has 4 heteroatoms. The van der Waals surface area contributed by atoms with Crippen molar-refractivity contribution in [2.75, 3.05) is 11.9 Å². The molecule has 0 amide bonds. The van der Waals surface area contributed by atoms with E-state index in [2.05, 4.69) is 17.2 Å². The molecule has 1 heterocycles. The van der Waals surface area contributed by atoms with Crippen LogP contribution in [0, 0.1) is 12.3 Å². The number of aryl methyl sites for hydroxylation is 1. The van der Waals surface area contributed by atoms with E-state index in [0.29, 0.717) is 10.4 Å². The van der Waals surface area contributed by atoms with Crippen LogP contribution in [-0.4, -0.2) is 16.5 Å². The number of anilines is 1. The lowest BCUT2D eigenvalue weighted by atomic mass is 10.0. The molecule has 3 N–H and O–H groups in total. The Hall–Kier alpha value is -1.16. The van der Waals surface area contributed by atoms with Gasteiger partial charge in [0.15, 0.2) is 0 Å². The van der Waals surface area contributed by atoms with Crippen molar-refractivity contribution in [2.24, 2.45) is 11.1 Å². The van der Waals surface area contributed by atoms with E-state index in [4.69, 9.17) is 18.0 Å². The molecule has 0 unspecified atom stereocenters. The Morgan fingerprint density at radius 3 is 2.78 bits per heavy atom. The molecule has 3 nitrogen and oxygen atoms in total. The highest BCUT2D eigenvalue weighted by Gasteiger charge is 2.41. The first-order valence-corrected chi connectivity index (χ1v) is 6.98. The first-order chi connectivity index (χ1) is 8.56. The fourth-order valence-electron chi connectivity index (χ4n) is 2.38. The molecular formula is C14H21N3S. The van der Waals surface area contributed by atoms with E-state index in [1.807, 2.05) is 19.1 Å². The average molecular weight is 263 g/mol. The van der Waals surface area contributed by atoms with Crippen molar-refractivity contribution in [3.63, 3.8) is 0 Å². The molecule has 0 atom stereocenters. The van der Waals surface area contributed by atoms with Gasteiger partial charge in [0, 0.05) is 12.2 Å². The van der Waals surface area contributed by atoms with Crippen molar-refractivity contribution >= 4 is 23.0 Å². The quantitative estimate of drug-likeness (QED) is 0.775. The summed E-state index contributed by atoms with van der Waals surface area (Å²) in [4.78, 5) is 4.91. The maximum absolute atomic E-state index is 5.73. The molecule has 1 aromatic rings. The number of thiocarbonyl (C=S) groups is 1. The Balaban J connectivity index is 2.08. The summed E-state index contributed by atoms with van der Waals surface area (Å²) in [6.07, 6.45) is 5.17. The van der Waals surface area contributed by atoms with Gasteiger partial charge in [0.25, 0.3) is 0 Å². The normalized spacial score (nSPS) is 16.3. The topological polar surface area (TPSA) is 50.9 Å². The third-order valence-corrected chi connectivity index (χ3v) is 3.89. The molecule has 0 saturated heterocycles. The van der Waals surface area contributed by atoms with Gasteiger partial charge in [-0.15, -0.1) is 0 Å². The summed E-state index contributed by atoms with van der Waals surface area (Å²) < 4.78 is 0. The van der Waals surface area contributed by atoms with E-state index in [9.17, 15) is 0 Å². The molecule has 1 aliphatic rings. The zero-order valence-electron chi connectivity index (χ0n) is 11.1. The smallest absolute Gasteiger partial charge is 0.136 e. The minimum Gasteiger partial charge on any atom is -0.389 e. The second kappa shape index (κ2) is 5.22. The molecule has 1 aromatic heterocycles. The molecule has 98 valence electrons.